The number of rotatable bonds is 10. The van der Waals surface area contributed by atoms with E-state index in [4.69, 9.17) is 9.05 Å². The van der Waals surface area contributed by atoms with Crippen LogP contribution in [0.15, 0.2) is 0 Å². The van der Waals surface area contributed by atoms with E-state index in [2.05, 4.69) is 18.7 Å². The summed E-state index contributed by atoms with van der Waals surface area (Å²) in [6.45, 7) is 13.4. The summed E-state index contributed by atoms with van der Waals surface area (Å²) in [5.41, 5.74) is 0. The smallest absolute Gasteiger partial charge is 0.167 e. The lowest BCUT2D eigenvalue weighted by Gasteiger charge is -2.21. The fraction of sp³-hybridized carbons (Fsp3) is 1.00. The predicted molar refractivity (Wildman–Crippen MR) is 67.4 cm³/mol. The van der Waals surface area contributed by atoms with Crippen molar-refractivity contribution < 1.29 is 9.05 Å². The number of nitrogens with zero attached hydrogens (tertiary/aromatic N) is 1. The fourth-order valence-electron chi connectivity index (χ4n) is 1.49. The van der Waals surface area contributed by atoms with Gasteiger partial charge >= 0.3 is 0 Å². The van der Waals surface area contributed by atoms with Crippen molar-refractivity contribution in [2.24, 2.45) is 0 Å². The normalized spacial score (nSPS) is 13.4. The molecule has 0 aromatic carbocycles. The summed E-state index contributed by atoms with van der Waals surface area (Å²) in [5, 5.41) is 0. The Morgan fingerprint density at radius 3 is 2.00 bits per heavy atom. The summed E-state index contributed by atoms with van der Waals surface area (Å²) in [5.74, 6) is 0. The van der Waals surface area contributed by atoms with Gasteiger partial charge < -0.3 is 13.9 Å². The van der Waals surface area contributed by atoms with Crippen molar-refractivity contribution in [1.82, 2.24) is 4.90 Å². The van der Waals surface area contributed by atoms with Crippen molar-refractivity contribution in [1.29, 1.82) is 0 Å². The number of hydrogen-bond donors (Lipinski definition) is 0. The molecule has 92 valence electrons. The van der Waals surface area contributed by atoms with Gasteiger partial charge in [-0.3, -0.25) is 0 Å². The summed E-state index contributed by atoms with van der Waals surface area (Å²) in [4.78, 5) is 2.45. The first-order valence-electron chi connectivity index (χ1n) is 5.96. The second kappa shape index (κ2) is 10.8. The maximum Gasteiger partial charge on any atom is 0.167 e. The van der Waals surface area contributed by atoms with E-state index in [-0.39, 0.29) is 0 Å². The monoisotopic (exact) mass is 235 g/mol. The van der Waals surface area contributed by atoms with Crippen LogP contribution in [0, 0.1) is 0 Å². The molecule has 0 bridgehead atoms. The molecule has 0 saturated heterocycles. The molecule has 0 aliphatic carbocycles. The van der Waals surface area contributed by atoms with Gasteiger partial charge in [0.25, 0.3) is 0 Å². The van der Waals surface area contributed by atoms with E-state index < -0.39 is 8.38 Å². The van der Waals surface area contributed by atoms with Crippen molar-refractivity contribution in [3.05, 3.63) is 0 Å². The summed E-state index contributed by atoms with van der Waals surface area (Å²) >= 11 is 0. The third-order valence-corrected chi connectivity index (χ3v) is 3.24. The molecule has 3 nitrogen and oxygen atoms in total. The van der Waals surface area contributed by atoms with Crippen molar-refractivity contribution in [3.8, 4) is 0 Å². The van der Waals surface area contributed by atoms with Crippen molar-refractivity contribution >= 4 is 8.38 Å². The van der Waals surface area contributed by atoms with Crippen LogP contribution >= 0.6 is 8.38 Å². The van der Waals surface area contributed by atoms with Gasteiger partial charge in [0.05, 0.1) is 13.2 Å². The minimum Gasteiger partial charge on any atom is -0.335 e. The van der Waals surface area contributed by atoms with Crippen LogP contribution in [0.3, 0.4) is 0 Å². The average molecular weight is 235 g/mol. The molecule has 0 aromatic rings. The molecule has 0 amide bonds. The Morgan fingerprint density at radius 1 is 0.933 bits per heavy atom. The van der Waals surface area contributed by atoms with Gasteiger partial charge in [-0.2, -0.15) is 0 Å². The topological polar surface area (TPSA) is 21.7 Å². The van der Waals surface area contributed by atoms with Crippen LogP contribution in [0.2, 0.25) is 0 Å². The van der Waals surface area contributed by atoms with Gasteiger partial charge in [0.1, 0.15) is 0 Å². The molecule has 4 heteroatoms. The van der Waals surface area contributed by atoms with Gasteiger partial charge in [-0.1, -0.05) is 13.8 Å². The molecular formula is C11H26NO2P. The minimum absolute atomic E-state index is 0.657. The largest absolute Gasteiger partial charge is 0.335 e. The van der Waals surface area contributed by atoms with Crippen LogP contribution in [0.5, 0.6) is 0 Å². The summed E-state index contributed by atoms with van der Waals surface area (Å²) in [6, 6.07) is 0. The zero-order valence-corrected chi connectivity index (χ0v) is 11.6. The van der Waals surface area contributed by atoms with Gasteiger partial charge in [0.2, 0.25) is 0 Å². The molecule has 0 aliphatic rings. The van der Waals surface area contributed by atoms with Gasteiger partial charge in [-0.15, -0.1) is 0 Å². The molecule has 0 fully saturated rings. The fourth-order valence-corrected chi connectivity index (χ4v) is 2.26. The lowest BCUT2D eigenvalue weighted by atomic mass is 10.3. The maximum atomic E-state index is 5.61. The molecule has 15 heavy (non-hydrogen) atoms. The Balaban J connectivity index is 3.51. The molecule has 0 aromatic heterocycles. The molecule has 0 rings (SSSR count). The Labute approximate surface area is 96.0 Å². The van der Waals surface area contributed by atoms with Crippen LogP contribution in [-0.4, -0.2) is 44.4 Å². The Kier molecular flexibility index (Phi) is 11.0. The third kappa shape index (κ3) is 9.25. The molecule has 0 heterocycles. The number of hydrogen-bond acceptors (Lipinski definition) is 3. The van der Waals surface area contributed by atoms with Gasteiger partial charge in [0.15, 0.2) is 8.38 Å². The van der Waals surface area contributed by atoms with E-state index in [1.54, 1.807) is 0 Å². The van der Waals surface area contributed by atoms with E-state index in [1.807, 2.05) is 13.6 Å². The van der Waals surface area contributed by atoms with E-state index in [1.165, 1.54) is 25.9 Å². The van der Waals surface area contributed by atoms with Gasteiger partial charge in [0, 0.05) is 13.2 Å². The second-order valence-corrected chi connectivity index (χ2v) is 4.93. The molecule has 0 N–H and O–H groups in total. The standard InChI is InChI=1S/C11H26NO2P/c1-5-8-12(9-6-2)10-11-14-15(4)13-7-3/h5-11H2,1-4H3. The van der Waals surface area contributed by atoms with E-state index in [0.717, 1.165) is 19.8 Å². The molecule has 0 spiro atoms. The van der Waals surface area contributed by atoms with Crippen molar-refractivity contribution in [3.63, 3.8) is 0 Å². The van der Waals surface area contributed by atoms with Crippen LogP contribution in [0.1, 0.15) is 33.6 Å². The molecule has 0 saturated carbocycles. The molecule has 1 atom stereocenters. The first kappa shape index (κ1) is 15.3. The van der Waals surface area contributed by atoms with Crippen LogP contribution in [0.4, 0.5) is 0 Å². The third-order valence-electron chi connectivity index (χ3n) is 2.07. The van der Waals surface area contributed by atoms with Crippen LogP contribution in [0.25, 0.3) is 0 Å². The van der Waals surface area contributed by atoms with Crippen molar-refractivity contribution in [2.45, 2.75) is 33.6 Å². The summed E-state index contributed by atoms with van der Waals surface area (Å²) in [7, 11) is -0.657. The van der Waals surface area contributed by atoms with Gasteiger partial charge in [-0.05, 0) is 32.9 Å². The second-order valence-electron chi connectivity index (χ2n) is 3.53. The molecule has 0 radical (unpaired) electrons. The van der Waals surface area contributed by atoms with Crippen LogP contribution in [-0.2, 0) is 9.05 Å². The lowest BCUT2D eigenvalue weighted by molar-refractivity contribution is 0.198. The SMILES string of the molecule is CCCN(CCC)CCOP(C)OCC. The quantitative estimate of drug-likeness (QED) is 0.543. The van der Waals surface area contributed by atoms with E-state index in [9.17, 15) is 0 Å². The molecule has 1 unspecified atom stereocenters. The van der Waals surface area contributed by atoms with E-state index in [0.29, 0.717) is 0 Å². The Hall–Kier alpha value is 0.310. The zero-order valence-electron chi connectivity index (χ0n) is 10.7. The highest BCUT2D eigenvalue weighted by Gasteiger charge is 2.05. The summed E-state index contributed by atoms with van der Waals surface area (Å²) < 4.78 is 11.0. The molecular weight excluding hydrogens is 209 g/mol. The molecule has 0 aliphatic heterocycles. The minimum atomic E-state index is -0.657. The summed E-state index contributed by atoms with van der Waals surface area (Å²) in [6.07, 6.45) is 2.43. The highest BCUT2D eigenvalue weighted by Crippen LogP contribution is 2.32. The Bertz CT molecular complexity index is 130. The van der Waals surface area contributed by atoms with E-state index >= 15 is 0 Å². The van der Waals surface area contributed by atoms with Gasteiger partial charge in [-0.25, -0.2) is 0 Å². The zero-order chi connectivity index (χ0) is 11.5. The predicted octanol–water partition coefficient (Wildman–Crippen LogP) is 3.10. The highest BCUT2D eigenvalue weighted by atomic mass is 31.2. The highest BCUT2D eigenvalue weighted by molar-refractivity contribution is 7.46. The first-order valence-corrected chi connectivity index (χ1v) is 7.58. The maximum absolute atomic E-state index is 5.61. The Morgan fingerprint density at radius 2 is 1.53 bits per heavy atom. The average Bonchev–Trinajstić information content (AvgIpc) is 2.19. The van der Waals surface area contributed by atoms with Crippen LogP contribution < -0.4 is 0 Å². The lowest BCUT2D eigenvalue weighted by Crippen LogP contribution is -2.28. The first-order chi connectivity index (χ1) is 7.24. The van der Waals surface area contributed by atoms with Crippen molar-refractivity contribution in [2.75, 3.05) is 39.5 Å².